The van der Waals surface area contributed by atoms with Gasteiger partial charge in [0.2, 0.25) is 6.39 Å². The molecule has 0 amide bonds. The number of rotatable bonds is 2. The van der Waals surface area contributed by atoms with Crippen molar-refractivity contribution in [3.8, 4) is 0 Å². The Kier molecular flexibility index (Phi) is 2.56. The number of likely N-dealkylation sites (tertiary alicyclic amines) is 1. The van der Waals surface area contributed by atoms with Crippen LogP contribution in [0.5, 0.6) is 0 Å². The first kappa shape index (κ1) is 8.65. The minimum atomic E-state index is -0.124. The molecular formula is C8H13N3O2. The van der Waals surface area contributed by atoms with Crippen molar-refractivity contribution >= 4 is 0 Å². The first-order valence-corrected chi connectivity index (χ1v) is 4.50. The SMILES string of the molecule is OC1CCN(Cc2ncon2)CC1. The quantitative estimate of drug-likeness (QED) is 0.700. The van der Waals surface area contributed by atoms with E-state index in [4.69, 9.17) is 0 Å². The molecule has 0 radical (unpaired) electrons. The number of aliphatic hydroxyl groups excluding tert-OH is 1. The van der Waals surface area contributed by atoms with Crippen LogP contribution < -0.4 is 0 Å². The zero-order valence-corrected chi connectivity index (χ0v) is 7.39. The van der Waals surface area contributed by atoms with E-state index in [9.17, 15) is 5.11 Å². The topological polar surface area (TPSA) is 62.4 Å². The van der Waals surface area contributed by atoms with Crippen LogP contribution in [0.1, 0.15) is 18.7 Å². The van der Waals surface area contributed by atoms with Crippen LogP contribution in [-0.2, 0) is 6.54 Å². The fourth-order valence-electron chi connectivity index (χ4n) is 1.54. The zero-order chi connectivity index (χ0) is 9.10. The van der Waals surface area contributed by atoms with Crippen LogP contribution in [0.25, 0.3) is 0 Å². The van der Waals surface area contributed by atoms with Crippen molar-refractivity contribution < 1.29 is 9.63 Å². The van der Waals surface area contributed by atoms with Crippen LogP contribution in [0.4, 0.5) is 0 Å². The Morgan fingerprint density at radius 3 is 2.92 bits per heavy atom. The highest BCUT2D eigenvalue weighted by Gasteiger charge is 2.17. The summed E-state index contributed by atoms with van der Waals surface area (Å²) < 4.78 is 4.64. The molecule has 1 saturated heterocycles. The van der Waals surface area contributed by atoms with Gasteiger partial charge in [0.05, 0.1) is 12.6 Å². The van der Waals surface area contributed by atoms with Gasteiger partial charge in [-0.1, -0.05) is 5.16 Å². The first-order chi connectivity index (χ1) is 6.34. The van der Waals surface area contributed by atoms with Crippen LogP contribution in [-0.4, -0.2) is 39.3 Å². The number of piperidine rings is 1. The van der Waals surface area contributed by atoms with Crippen molar-refractivity contribution in [3.05, 3.63) is 12.2 Å². The Bertz CT molecular complexity index is 242. The third-order valence-corrected chi connectivity index (χ3v) is 2.33. The third kappa shape index (κ3) is 2.26. The number of aromatic nitrogens is 2. The fourth-order valence-corrected chi connectivity index (χ4v) is 1.54. The molecule has 1 aliphatic rings. The maximum absolute atomic E-state index is 9.28. The summed E-state index contributed by atoms with van der Waals surface area (Å²) >= 11 is 0. The van der Waals surface area contributed by atoms with Crippen LogP contribution in [0, 0.1) is 0 Å². The highest BCUT2D eigenvalue weighted by Crippen LogP contribution is 2.11. The molecule has 72 valence electrons. The molecule has 0 saturated carbocycles. The van der Waals surface area contributed by atoms with E-state index in [1.807, 2.05) is 0 Å². The average molecular weight is 183 g/mol. The molecule has 0 spiro atoms. The molecule has 1 aromatic rings. The lowest BCUT2D eigenvalue weighted by Gasteiger charge is -2.28. The highest BCUT2D eigenvalue weighted by molar-refractivity contribution is 4.80. The van der Waals surface area contributed by atoms with Crippen molar-refractivity contribution in [1.82, 2.24) is 15.0 Å². The van der Waals surface area contributed by atoms with Crippen LogP contribution in [0.2, 0.25) is 0 Å². The lowest BCUT2D eigenvalue weighted by atomic mass is 10.1. The van der Waals surface area contributed by atoms with Crippen molar-refractivity contribution in [2.75, 3.05) is 13.1 Å². The first-order valence-electron chi connectivity index (χ1n) is 4.50. The fraction of sp³-hybridized carbons (Fsp3) is 0.750. The van der Waals surface area contributed by atoms with Crippen LogP contribution in [0.3, 0.4) is 0 Å². The number of hydrogen-bond acceptors (Lipinski definition) is 5. The van der Waals surface area contributed by atoms with Gasteiger partial charge < -0.3 is 9.63 Å². The normalized spacial score (nSPS) is 20.7. The Labute approximate surface area is 76.4 Å². The van der Waals surface area contributed by atoms with Crippen molar-refractivity contribution in [2.45, 2.75) is 25.5 Å². The van der Waals surface area contributed by atoms with E-state index in [-0.39, 0.29) is 6.10 Å². The standard InChI is InChI=1S/C8H13N3O2/c12-7-1-3-11(4-2-7)5-8-9-6-13-10-8/h6-7,12H,1-5H2. The molecule has 0 aliphatic carbocycles. The Hall–Kier alpha value is -0.940. The van der Waals surface area contributed by atoms with Crippen molar-refractivity contribution in [3.63, 3.8) is 0 Å². The van der Waals surface area contributed by atoms with E-state index in [0.717, 1.165) is 38.3 Å². The summed E-state index contributed by atoms with van der Waals surface area (Å²) in [4.78, 5) is 6.17. The molecule has 0 unspecified atom stereocenters. The van der Waals surface area contributed by atoms with Gasteiger partial charge in [-0.15, -0.1) is 0 Å². The van der Waals surface area contributed by atoms with Crippen LogP contribution >= 0.6 is 0 Å². The molecule has 2 heterocycles. The van der Waals surface area contributed by atoms with Crippen molar-refractivity contribution in [2.24, 2.45) is 0 Å². The van der Waals surface area contributed by atoms with Gasteiger partial charge in [0.1, 0.15) is 0 Å². The minimum Gasteiger partial charge on any atom is -0.393 e. The molecule has 5 heteroatoms. The Balaban J connectivity index is 1.83. The predicted molar refractivity (Wildman–Crippen MR) is 44.8 cm³/mol. The smallest absolute Gasteiger partial charge is 0.213 e. The second-order valence-corrected chi connectivity index (χ2v) is 3.35. The third-order valence-electron chi connectivity index (χ3n) is 2.33. The number of nitrogens with zero attached hydrogens (tertiary/aromatic N) is 3. The maximum Gasteiger partial charge on any atom is 0.213 e. The Morgan fingerprint density at radius 1 is 1.54 bits per heavy atom. The molecule has 0 atom stereocenters. The van der Waals surface area contributed by atoms with Gasteiger partial charge >= 0.3 is 0 Å². The number of aliphatic hydroxyl groups is 1. The lowest BCUT2D eigenvalue weighted by molar-refractivity contribution is 0.0777. The minimum absolute atomic E-state index is 0.124. The maximum atomic E-state index is 9.28. The molecule has 0 aromatic carbocycles. The summed E-state index contributed by atoms with van der Waals surface area (Å²) in [5.41, 5.74) is 0. The van der Waals surface area contributed by atoms with Crippen LogP contribution in [0.15, 0.2) is 10.9 Å². The summed E-state index contributed by atoms with van der Waals surface area (Å²) in [7, 11) is 0. The monoisotopic (exact) mass is 183 g/mol. The highest BCUT2D eigenvalue weighted by atomic mass is 16.5. The van der Waals surface area contributed by atoms with E-state index in [0.29, 0.717) is 0 Å². The van der Waals surface area contributed by atoms with Gasteiger partial charge in [-0.25, -0.2) is 0 Å². The second-order valence-electron chi connectivity index (χ2n) is 3.35. The summed E-state index contributed by atoms with van der Waals surface area (Å²) in [6, 6.07) is 0. The van der Waals surface area contributed by atoms with Gasteiger partial charge in [0.25, 0.3) is 0 Å². The van der Waals surface area contributed by atoms with Crippen molar-refractivity contribution in [1.29, 1.82) is 0 Å². The second kappa shape index (κ2) is 3.85. The molecule has 1 aromatic heterocycles. The molecular weight excluding hydrogens is 170 g/mol. The zero-order valence-electron chi connectivity index (χ0n) is 7.39. The van der Waals surface area contributed by atoms with E-state index in [2.05, 4.69) is 19.6 Å². The molecule has 1 N–H and O–H groups in total. The van der Waals surface area contributed by atoms with E-state index < -0.39 is 0 Å². The Morgan fingerprint density at radius 2 is 2.31 bits per heavy atom. The molecule has 1 fully saturated rings. The molecule has 1 aliphatic heterocycles. The molecule has 5 nitrogen and oxygen atoms in total. The molecule has 2 rings (SSSR count). The van der Waals surface area contributed by atoms with Gasteiger partial charge in [-0.05, 0) is 12.8 Å². The summed E-state index contributed by atoms with van der Waals surface area (Å²) in [6.45, 7) is 2.55. The molecule has 0 bridgehead atoms. The molecule has 13 heavy (non-hydrogen) atoms. The average Bonchev–Trinajstić information content (AvgIpc) is 2.62. The van der Waals surface area contributed by atoms with Gasteiger partial charge in [-0.2, -0.15) is 4.98 Å². The van der Waals surface area contributed by atoms with Gasteiger partial charge in [-0.3, -0.25) is 4.90 Å². The largest absolute Gasteiger partial charge is 0.393 e. The summed E-state index contributed by atoms with van der Waals surface area (Å²) in [5.74, 6) is 0.719. The van der Waals surface area contributed by atoms with E-state index in [1.165, 1.54) is 6.39 Å². The van der Waals surface area contributed by atoms with Gasteiger partial charge in [0, 0.05) is 13.1 Å². The van der Waals surface area contributed by atoms with E-state index in [1.54, 1.807) is 0 Å². The number of hydrogen-bond donors (Lipinski definition) is 1. The summed E-state index contributed by atoms with van der Waals surface area (Å²) in [6.07, 6.45) is 2.91. The lowest BCUT2D eigenvalue weighted by Crippen LogP contribution is -2.35. The van der Waals surface area contributed by atoms with E-state index >= 15 is 0 Å². The predicted octanol–water partition coefficient (Wildman–Crippen LogP) is 0.0263. The summed E-state index contributed by atoms with van der Waals surface area (Å²) in [5, 5.41) is 13.0. The van der Waals surface area contributed by atoms with Gasteiger partial charge in [0.15, 0.2) is 5.82 Å².